The first-order valence-electron chi connectivity index (χ1n) is 7.58. The number of ether oxygens (including phenoxy) is 1. The molecule has 1 aliphatic heterocycles. The molecule has 0 bridgehead atoms. The molecule has 1 aromatic carbocycles. The summed E-state index contributed by atoms with van der Waals surface area (Å²) in [6.45, 7) is 7.02. The number of nitrogens with zero attached hydrogens (tertiary/aromatic N) is 2. The topological polar surface area (TPSA) is 39.1 Å². The number of rotatable bonds is 5. The van der Waals surface area contributed by atoms with Crippen LogP contribution in [0.5, 0.6) is 0 Å². The molecule has 1 N–H and O–H groups in total. The van der Waals surface area contributed by atoms with Crippen LogP contribution >= 0.6 is 0 Å². The van der Waals surface area contributed by atoms with Crippen LogP contribution in [0.4, 0.5) is 0 Å². The Morgan fingerprint density at radius 2 is 2.30 bits per heavy atom. The molecular formula is C16H23N3O. The van der Waals surface area contributed by atoms with Crippen molar-refractivity contribution in [3.05, 3.63) is 30.1 Å². The summed E-state index contributed by atoms with van der Waals surface area (Å²) in [5.74, 6) is 1.11. The van der Waals surface area contributed by atoms with Crippen LogP contribution in [-0.2, 0) is 17.8 Å². The largest absolute Gasteiger partial charge is 0.377 e. The first kappa shape index (κ1) is 13.6. The maximum absolute atomic E-state index is 5.73. The summed E-state index contributed by atoms with van der Waals surface area (Å²) in [6, 6.07) is 8.71. The second-order valence-corrected chi connectivity index (χ2v) is 5.48. The highest BCUT2D eigenvalue weighted by molar-refractivity contribution is 5.75. The Bertz CT molecular complexity index is 572. The average Bonchev–Trinajstić information content (AvgIpc) is 3.11. The van der Waals surface area contributed by atoms with Crippen molar-refractivity contribution in [1.29, 1.82) is 0 Å². The van der Waals surface area contributed by atoms with Crippen molar-refractivity contribution in [3.8, 4) is 0 Å². The molecule has 1 saturated heterocycles. The number of benzene rings is 1. The third-order valence-corrected chi connectivity index (χ3v) is 4.15. The van der Waals surface area contributed by atoms with E-state index in [0.717, 1.165) is 31.0 Å². The summed E-state index contributed by atoms with van der Waals surface area (Å²) in [5.41, 5.74) is 2.30. The molecule has 2 heterocycles. The van der Waals surface area contributed by atoms with E-state index in [9.17, 15) is 0 Å². The van der Waals surface area contributed by atoms with E-state index in [1.807, 2.05) is 6.07 Å². The molecule has 2 atom stereocenters. The van der Waals surface area contributed by atoms with Gasteiger partial charge in [0, 0.05) is 19.2 Å². The average molecular weight is 273 g/mol. The number of aromatic nitrogens is 2. The summed E-state index contributed by atoms with van der Waals surface area (Å²) in [6.07, 6.45) is 2.71. The van der Waals surface area contributed by atoms with Crippen molar-refractivity contribution in [2.24, 2.45) is 0 Å². The normalized spacial score (nSPS) is 20.6. The van der Waals surface area contributed by atoms with Gasteiger partial charge in [-0.15, -0.1) is 0 Å². The number of imidazole rings is 1. The highest BCUT2D eigenvalue weighted by Crippen LogP contribution is 2.18. The van der Waals surface area contributed by atoms with Gasteiger partial charge in [-0.25, -0.2) is 4.98 Å². The van der Waals surface area contributed by atoms with Gasteiger partial charge in [0.15, 0.2) is 0 Å². The minimum Gasteiger partial charge on any atom is -0.377 e. The van der Waals surface area contributed by atoms with Crippen LogP contribution in [0.1, 0.15) is 32.5 Å². The van der Waals surface area contributed by atoms with E-state index in [2.05, 4.69) is 41.9 Å². The molecule has 1 aromatic heterocycles. The number of fused-ring (bicyclic) bond motifs is 1. The molecule has 0 spiro atoms. The van der Waals surface area contributed by atoms with E-state index < -0.39 is 0 Å². The smallest absolute Gasteiger partial charge is 0.123 e. The molecule has 0 aliphatic carbocycles. The summed E-state index contributed by atoms with van der Waals surface area (Å²) < 4.78 is 8.01. The lowest BCUT2D eigenvalue weighted by Gasteiger charge is -2.20. The summed E-state index contributed by atoms with van der Waals surface area (Å²) in [5, 5.41) is 3.57. The van der Waals surface area contributed by atoms with Crippen molar-refractivity contribution in [3.63, 3.8) is 0 Å². The molecule has 1 fully saturated rings. The van der Waals surface area contributed by atoms with Crippen molar-refractivity contribution in [2.45, 2.75) is 51.9 Å². The van der Waals surface area contributed by atoms with E-state index in [0.29, 0.717) is 12.1 Å². The highest BCUT2D eigenvalue weighted by Gasteiger charge is 2.22. The van der Waals surface area contributed by atoms with Crippen LogP contribution in [0.3, 0.4) is 0 Å². The third kappa shape index (κ3) is 2.58. The second-order valence-electron chi connectivity index (χ2n) is 5.48. The molecule has 1 aliphatic rings. The fourth-order valence-corrected chi connectivity index (χ4v) is 2.99. The molecule has 4 nitrogen and oxygen atoms in total. The Hall–Kier alpha value is -1.39. The van der Waals surface area contributed by atoms with E-state index in [1.54, 1.807) is 0 Å². The fraction of sp³-hybridized carbons (Fsp3) is 0.562. The Morgan fingerprint density at radius 1 is 1.45 bits per heavy atom. The van der Waals surface area contributed by atoms with Crippen molar-refractivity contribution >= 4 is 11.0 Å². The van der Waals surface area contributed by atoms with Gasteiger partial charge in [0.2, 0.25) is 0 Å². The van der Waals surface area contributed by atoms with Crippen LogP contribution < -0.4 is 5.32 Å². The molecule has 0 amide bonds. The van der Waals surface area contributed by atoms with Gasteiger partial charge in [0.1, 0.15) is 5.82 Å². The first-order chi connectivity index (χ1) is 9.79. The minimum absolute atomic E-state index is 0.356. The quantitative estimate of drug-likeness (QED) is 0.910. The van der Waals surface area contributed by atoms with Gasteiger partial charge in [0.25, 0.3) is 0 Å². The van der Waals surface area contributed by atoms with Gasteiger partial charge in [-0.1, -0.05) is 12.1 Å². The third-order valence-electron chi connectivity index (χ3n) is 4.15. The van der Waals surface area contributed by atoms with Crippen LogP contribution in [0.25, 0.3) is 11.0 Å². The number of nitrogens with one attached hydrogen (secondary N) is 1. The highest BCUT2D eigenvalue weighted by atomic mass is 16.5. The standard InChI is InChI=1S/C16H23N3O/c1-3-19-14-8-5-4-7-13(14)18-16(19)11-17-12(2)15-9-6-10-20-15/h4-5,7-8,12,15,17H,3,6,9-11H2,1-2H3. The zero-order valence-corrected chi connectivity index (χ0v) is 12.3. The number of para-hydroxylation sites is 2. The Morgan fingerprint density at radius 3 is 3.05 bits per heavy atom. The summed E-state index contributed by atoms with van der Waals surface area (Å²) in [7, 11) is 0. The Labute approximate surface area is 120 Å². The van der Waals surface area contributed by atoms with E-state index in [1.165, 1.54) is 18.4 Å². The summed E-state index contributed by atoms with van der Waals surface area (Å²) in [4.78, 5) is 4.74. The van der Waals surface area contributed by atoms with Gasteiger partial charge in [-0.3, -0.25) is 0 Å². The minimum atomic E-state index is 0.356. The molecule has 4 heteroatoms. The molecule has 2 unspecified atom stereocenters. The van der Waals surface area contributed by atoms with E-state index >= 15 is 0 Å². The van der Waals surface area contributed by atoms with Crippen LogP contribution in [0.2, 0.25) is 0 Å². The van der Waals surface area contributed by atoms with Gasteiger partial charge < -0.3 is 14.6 Å². The van der Waals surface area contributed by atoms with Crippen LogP contribution in [0, 0.1) is 0 Å². The number of aryl methyl sites for hydroxylation is 1. The second kappa shape index (κ2) is 5.94. The van der Waals surface area contributed by atoms with Crippen molar-refractivity contribution in [2.75, 3.05) is 6.61 Å². The molecule has 0 radical (unpaired) electrons. The van der Waals surface area contributed by atoms with E-state index in [4.69, 9.17) is 9.72 Å². The molecule has 0 saturated carbocycles. The maximum Gasteiger partial charge on any atom is 0.123 e. The first-order valence-corrected chi connectivity index (χ1v) is 7.58. The van der Waals surface area contributed by atoms with Crippen LogP contribution in [-0.4, -0.2) is 28.3 Å². The molecular weight excluding hydrogens is 250 g/mol. The molecule has 3 rings (SSSR count). The zero-order chi connectivity index (χ0) is 13.9. The Balaban J connectivity index is 1.73. The van der Waals surface area contributed by atoms with Crippen molar-refractivity contribution < 1.29 is 4.74 Å². The monoisotopic (exact) mass is 273 g/mol. The Kier molecular flexibility index (Phi) is 4.03. The number of hydrogen-bond donors (Lipinski definition) is 1. The predicted octanol–water partition coefficient (Wildman–Crippen LogP) is 2.71. The summed E-state index contributed by atoms with van der Waals surface area (Å²) >= 11 is 0. The van der Waals surface area contributed by atoms with Crippen LogP contribution in [0.15, 0.2) is 24.3 Å². The zero-order valence-electron chi connectivity index (χ0n) is 12.3. The van der Waals surface area contributed by atoms with Gasteiger partial charge in [0.05, 0.1) is 23.7 Å². The maximum atomic E-state index is 5.73. The number of hydrogen-bond acceptors (Lipinski definition) is 3. The van der Waals surface area contributed by atoms with E-state index in [-0.39, 0.29) is 0 Å². The fourth-order valence-electron chi connectivity index (χ4n) is 2.99. The van der Waals surface area contributed by atoms with Gasteiger partial charge in [-0.2, -0.15) is 0 Å². The van der Waals surface area contributed by atoms with Crippen molar-refractivity contribution in [1.82, 2.24) is 14.9 Å². The molecule has 20 heavy (non-hydrogen) atoms. The molecule has 108 valence electrons. The van der Waals surface area contributed by atoms with Gasteiger partial charge >= 0.3 is 0 Å². The lowest BCUT2D eigenvalue weighted by Crippen LogP contribution is -2.37. The van der Waals surface area contributed by atoms with Gasteiger partial charge in [-0.05, 0) is 38.8 Å². The molecule has 2 aromatic rings. The lowest BCUT2D eigenvalue weighted by atomic mass is 10.1. The predicted molar refractivity (Wildman–Crippen MR) is 80.7 cm³/mol. The SMILES string of the molecule is CCn1c(CNC(C)C2CCCO2)nc2ccccc21. The lowest BCUT2D eigenvalue weighted by molar-refractivity contribution is 0.0829.